The first kappa shape index (κ1) is 16.6. The smallest absolute Gasteiger partial charge is 0.219 e. The summed E-state index contributed by atoms with van der Waals surface area (Å²) in [6.45, 7) is 2.36. The van der Waals surface area contributed by atoms with Gasteiger partial charge in [-0.15, -0.1) is 0 Å². The molecule has 3 rings (SSSR count). The van der Waals surface area contributed by atoms with E-state index in [1.165, 1.54) is 0 Å². The van der Waals surface area contributed by atoms with Crippen LogP contribution >= 0.6 is 23.2 Å². The van der Waals surface area contributed by atoms with Gasteiger partial charge in [0, 0.05) is 11.1 Å². The molecule has 0 unspecified atom stereocenters. The summed E-state index contributed by atoms with van der Waals surface area (Å²) in [6.07, 6.45) is 1.62. The number of aromatic nitrogens is 1. The summed E-state index contributed by atoms with van der Waals surface area (Å²) in [6, 6.07) is 16.7. The van der Waals surface area contributed by atoms with E-state index in [-0.39, 0.29) is 0 Å². The Hall–Kier alpha value is -2.23. The fourth-order valence-electron chi connectivity index (χ4n) is 2.16. The van der Waals surface area contributed by atoms with Gasteiger partial charge in [-0.05, 0) is 42.3 Å². The van der Waals surface area contributed by atoms with Crippen molar-refractivity contribution >= 4 is 23.2 Å². The van der Waals surface area contributed by atoms with Crippen LogP contribution in [0.2, 0.25) is 10.0 Å². The van der Waals surface area contributed by atoms with Gasteiger partial charge in [0.2, 0.25) is 5.88 Å². The first-order chi connectivity index (χ1) is 11.6. The van der Waals surface area contributed by atoms with Crippen LogP contribution in [0.5, 0.6) is 17.4 Å². The molecule has 3 aromatic rings. The van der Waals surface area contributed by atoms with Gasteiger partial charge in [-0.1, -0.05) is 47.5 Å². The van der Waals surface area contributed by atoms with Crippen LogP contribution in [0.25, 0.3) is 0 Å². The summed E-state index contributed by atoms with van der Waals surface area (Å²) in [5.41, 5.74) is 1.94. The van der Waals surface area contributed by atoms with Gasteiger partial charge in [0.15, 0.2) is 5.75 Å². The standard InChI is InChI=1S/C19H15Cl2NO2/c1-13-4-2-7-17(21)19(13)24-18-9-8-16(11-22-18)23-12-14-5-3-6-15(20)10-14/h2-11H,12H2,1H3. The number of ether oxygens (including phenoxy) is 2. The largest absolute Gasteiger partial charge is 0.487 e. The highest BCUT2D eigenvalue weighted by Crippen LogP contribution is 2.32. The Kier molecular flexibility index (Phi) is 5.24. The summed E-state index contributed by atoms with van der Waals surface area (Å²) in [5, 5.41) is 1.24. The molecule has 0 fully saturated rings. The monoisotopic (exact) mass is 359 g/mol. The number of halogens is 2. The van der Waals surface area contributed by atoms with Gasteiger partial charge in [-0.2, -0.15) is 0 Å². The Morgan fingerprint density at radius 3 is 2.54 bits per heavy atom. The highest BCUT2D eigenvalue weighted by atomic mass is 35.5. The molecule has 0 aliphatic carbocycles. The topological polar surface area (TPSA) is 31.4 Å². The lowest BCUT2D eigenvalue weighted by Crippen LogP contribution is -1.96. The summed E-state index contributed by atoms with van der Waals surface area (Å²) < 4.78 is 11.5. The molecule has 0 N–H and O–H groups in total. The maximum absolute atomic E-state index is 6.15. The predicted molar refractivity (Wildman–Crippen MR) is 96.3 cm³/mol. The molecule has 0 bridgehead atoms. The molecule has 0 amide bonds. The van der Waals surface area contributed by atoms with Crippen LogP contribution < -0.4 is 9.47 Å². The van der Waals surface area contributed by atoms with Gasteiger partial charge in [-0.25, -0.2) is 4.98 Å². The van der Waals surface area contributed by atoms with Gasteiger partial charge in [-0.3, -0.25) is 0 Å². The molecule has 0 saturated carbocycles. The van der Waals surface area contributed by atoms with E-state index in [1.54, 1.807) is 24.4 Å². The molecular formula is C19H15Cl2NO2. The van der Waals surface area contributed by atoms with Crippen LogP contribution in [0.15, 0.2) is 60.8 Å². The maximum atomic E-state index is 6.15. The van der Waals surface area contributed by atoms with Crippen LogP contribution in [-0.2, 0) is 6.61 Å². The Bertz CT molecular complexity index is 815. The molecule has 0 spiro atoms. The van der Waals surface area contributed by atoms with Crippen molar-refractivity contribution in [2.45, 2.75) is 13.5 Å². The normalized spacial score (nSPS) is 10.5. The van der Waals surface area contributed by atoms with Crippen molar-refractivity contribution in [3.63, 3.8) is 0 Å². The molecule has 1 aromatic heterocycles. The molecule has 0 atom stereocenters. The number of hydrogen-bond acceptors (Lipinski definition) is 3. The van der Waals surface area contributed by atoms with Crippen molar-refractivity contribution in [3.8, 4) is 17.4 Å². The summed E-state index contributed by atoms with van der Waals surface area (Å²) >= 11 is 12.1. The Morgan fingerprint density at radius 2 is 1.83 bits per heavy atom. The third-order valence-electron chi connectivity index (χ3n) is 3.37. The molecule has 0 aliphatic heterocycles. The van der Waals surface area contributed by atoms with E-state index in [1.807, 2.05) is 43.3 Å². The van der Waals surface area contributed by atoms with Gasteiger partial charge in [0.05, 0.1) is 11.2 Å². The van der Waals surface area contributed by atoms with Gasteiger partial charge >= 0.3 is 0 Å². The van der Waals surface area contributed by atoms with Crippen molar-refractivity contribution in [1.82, 2.24) is 4.98 Å². The summed E-state index contributed by atoms with van der Waals surface area (Å²) in [7, 11) is 0. The van der Waals surface area contributed by atoms with Crippen molar-refractivity contribution < 1.29 is 9.47 Å². The Morgan fingerprint density at radius 1 is 1.00 bits per heavy atom. The third kappa shape index (κ3) is 4.19. The van der Waals surface area contributed by atoms with E-state index >= 15 is 0 Å². The summed E-state index contributed by atoms with van der Waals surface area (Å²) in [4.78, 5) is 4.25. The Labute approximate surface area is 150 Å². The SMILES string of the molecule is Cc1cccc(Cl)c1Oc1ccc(OCc2cccc(Cl)c2)cn1. The molecule has 24 heavy (non-hydrogen) atoms. The van der Waals surface area contributed by atoms with E-state index in [2.05, 4.69) is 4.98 Å². The number of benzene rings is 2. The Balaban J connectivity index is 1.65. The number of nitrogens with zero attached hydrogens (tertiary/aromatic N) is 1. The van der Waals surface area contributed by atoms with E-state index in [0.29, 0.717) is 34.0 Å². The summed E-state index contributed by atoms with van der Waals surface area (Å²) in [5.74, 6) is 1.72. The molecule has 122 valence electrons. The molecule has 0 radical (unpaired) electrons. The lowest BCUT2D eigenvalue weighted by Gasteiger charge is -2.10. The van der Waals surface area contributed by atoms with E-state index < -0.39 is 0 Å². The third-order valence-corrected chi connectivity index (χ3v) is 3.91. The lowest BCUT2D eigenvalue weighted by molar-refractivity contribution is 0.304. The number of rotatable bonds is 5. The number of para-hydroxylation sites is 1. The number of hydrogen-bond donors (Lipinski definition) is 0. The van der Waals surface area contributed by atoms with Crippen LogP contribution in [0.4, 0.5) is 0 Å². The average molecular weight is 360 g/mol. The number of aryl methyl sites for hydroxylation is 1. The minimum absolute atomic E-state index is 0.423. The van der Waals surface area contributed by atoms with E-state index in [4.69, 9.17) is 32.7 Å². The molecule has 0 saturated heterocycles. The van der Waals surface area contributed by atoms with E-state index in [0.717, 1.165) is 11.1 Å². The van der Waals surface area contributed by atoms with Crippen molar-refractivity contribution in [3.05, 3.63) is 82.0 Å². The zero-order valence-electron chi connectivity index (χ0n) is 13.0. The highest BCUT2D eigenvalue weighted by molar-refractivity contribution is 6.32. The first-order valence-corrected chi connectivity index (χ1v) is 8.14. The van der Waals surface area contributed by atoms with E-state index in [9.17, 15) is 0 Å². The zero-order valence-corrected chi connectivity index (χ0v) is 14.5. The first-order valence-electron chi connectivity index (χ1n) is 7.38. The van der Waals surface area contributed by atoms with Gasteiger partial charge < -0.3 is 9.47 Å². The quantitative estimate of drug-likeness (QED) is 0.554. The van der Waals surface area contributed by atoms with Crippen LogP contribution in [-0.4, -0.2) is 4.98 Å². The molecular weight excluding hydrogens is 345 g/mol. The molecule has 5 heteroatoms. The van der Waals surface area contributed by atoms with Crippen molar-refractivity contribution in [2.24, 2.45) is 0 Å². The average Bonchev–Trinajstić information content (AvgIpc) is 2.58. The molecule has 1 heterocycles. The second kappa shape index (κ2) is 7.56. The molecule has 3 nitrogen and oxygen atoms in total. The zero-order chi connectivity index (χ0) is 16.9. The molecule has 2 aromatic carbocycles. The molecule has 0 aliphatic rings. The van der Waals surface area contributed by atoms with Crippen molar-refractivity contribution in [1.29, 1.82) is 0 Å². The fourth-order valence-corrected chi connectivity index (χ4v) is 2.63. The maximum Gasteiger partial charge on any atom is 0.219 e. The number of pyridine rings is 1. The van der Waals surface area contributed by atoms with Gasteiger partial charge in [0.25, 0.3) is 0 Å². The van der Waals surface area contributed by atoms with Gasteiger partial charge in [0.1, 0.15) is 12.4 Å². The minimum atomic E-state index is 0.423. The van der Waals surface area contributed by atoms with Crippen LogP contribution in [0.3, 0.4) is 0 Å². The van der Waals surface area contributed by atoms with Crippen LogP contribution in [0, 0.1) is 6.92 Å². The predicted octanol–water partition coefficient (Wildman–Crippen LogP) is 6.07. The second-order valence-electron chi connectivity index (χ2n) is 5.24. The van der Waals surface area contributed by atoms with Crippen LogP contribution in [0.1, 0.15) is 11.1 Å². The minimum Gasteiger partial charge on any atom is -0.487 e. The highest BCUT2D eigenvalue weighted by Gasteiger charge is 2.07. The second-order valence-corrected chi connectivity index (χ2v) is 6.08. The fraction of sp³-hybridized carbons (Fsp3) is 0.105. The lowest BCUT2D eigenvalue weighted by atomic mass is 10.2. The van der Waals surface area contributed by atoms with Crippen molar-refractivity contribution in [2.75, 3.05) is 0 Å².